The minimum absolute atomic E-state index is 0.0220. The van der Waals surface area contributed by atoms with Gasteiger partial charge in [0, 0.05) is 26.1 Å². The average Bonchev–Trinajstić information content (AvgIpc) is 2.33. The summed E-state index contributed by atoms with van der Waals surface area (Å²) in [6.45, 7) is 6.98. The first-order chi connectivity index (χ1) is 8.83. The highest BCUT2D eigenvalue weighted by atomic mass is 32.2. The zero-order valence-electron chi connectivity index (χ0n) is 11.9. The van der Waals surface area contributed by atoms with Gasteiger partial charge in [0.25, 0.3) is 0 Å². The maximum absolute atomic E-state index is 12.1. The summed E-state index contributed by atoms with van der Waals surface area (Å²) in [6, 6.07) is 0. The Morgan fingerprint density at radius 3 is 2.58 bits per heavy atom. The van der Waals surface area contributed by atoms with Crippen LogP contribution in [0.15, 0.2) is 5.16 Å². The summed E-state index contributed by atoms with van der Waals surface area (Å²) in [4.78, 5) is 0. The molecule has 0 atom stereocenters. The van der Waals surface area contributed by atoms with Crippen molar-refractivity contribution in [2.75, 3.05) is 32.1 Å². The molecule has 7 nitrogen and oxygen atoms in total. The molecule has 0 aliphatic rings. The van der Waals surface area contributed by atoms with Crippen LogP contribution in [0.5, 0.6) is 0 Å². The van der Waals surface area contributed by atoms with Crippen molar-refractivity contribution in [3.8, 4) is 0 Å². The number of hydrogen-bond donors (Lipinski definition) is 2. The molecule has 0 aliphatic carbocycles. The number of oxime groups is 1. The highest BCUT2D eigenvalue weighted by molar-refractivity contribution is 7.89. The molecule has 0 amide bonds. The molecule has 0 saturated heterocycles. The minimum atomic E-state index is -3.38. The van der Waals surface area contributed by atoms with E-state index in [1.807, 2.05) is 20.8 Å². The fraction of sp³-hybridized carbons (Fsp3) is 0.909. The Morgan fingerprint density at radius 1 is 1.47 bits per heavy atom. The zero-order chi connectivity index (χ0) is 14.9. The van der Waals surface area contributed by atoms with E-state index in [1.54, 1.807) is 0 Å². The number of nitrogens with zero attached hydrogens (tertiary/aromatic N) is 2. The summed E-state index contributed by atoms with van der Waals surface area (Å²) in [5, 5.41) is 11.3. The van der Waals surface area contributed by atoms with Gasteiger partial charge in [-0.3, -0.25) is 0 Å². The van der Waals surface area contributed by atoms with Crippen LogP contribution >= 0.6 is 0 Å². The number of nitrogens with two attached hydrogens (primary N) is 1. The molecule has 0 aliphatic heterocycles. The molecule has 0 rings (SSSR count). The second-order valence-corrected chi connectivity index (χ2v) is 6.69. The molecule has 3 N–H and O–H groups in total. The number of rotatable bonds is 10. The Kier molecular flexibility index (Phi) is 8.70. The van der Waals surface area contributed by atoms with Gasteiger partial charge in [0.15, 0.2) is 0 Å². The van der Waals surface area contributed by atoms with E-state index in [2.05, 4.69) is 5.16 Å². The largest absolute Gasteiger partial charge is 0.409 e. The van der Waals surface area contributed by atoms with E-state index < -0.39 is 10.0 Å². The fourth-order valence-electron chi connectivity index (χ4n) is 1.48. The lowest BCUT2D eigenvalue weighted by Crippen LogP contribution is -2.39. The van der Waals surface area contributed by atoms with E-state index in [0.717, 1.165) is 0 Å². The first-order valence-corrected chi connectivity index (χ1v) is 7.96. The lowest BCUT2D eigenvalue weighted by molar-refractivity contribution is 0.162. The molecule has 0 bridgehead atoms. The second kappa shape index (κ2) is 9.11. The molecule has 0 fully saturated rings. The third-order valence-electron chi connectivity index (χ3n) is 2.40. The number of ether oxygens (including phenoxy) is 1. The molecule has 0 heterocycles. The Labute approximate surface area is 115 Å². The van der Waals surface area contributed by atoms with Crippen molar-refractivity contribution in [3.05, 3.63) is 0 Å². The van der Waals surface area contributed by atoms with Gasteiger partial charge in [0.1, 0.15) is 5.84 Å². The minimum Gasteiger partial charge on any atom is -0.409 e. The van der Waals surface area contributed by atoms with Crippen molar-refractivity contribution < 1.29 is 18.4 Å². The maximum Gasteiger partial charge on any atom is 0.216 e. The Hall–Kier alpha value is -0.860. The molecular weight excluding hydrogens is 270 g/mol. The van der Waals surface area contributed by atoms with E-state index in [0.29, 0.717) is 13.2 Å². The van der Waals surface area contributed by atoms with Crippen molar-refractivity contribution in [3.63, 3.8) is 0 Å². The van der Waals surface area contributed by atoms with Crippen molar-refractivity contribution in [2.45, 2.75) is 27.2 Å². The molecule has 0 aromatic rings. The van der Waals surface area contributed by atoms with Crippen LogP contribution in [0, 0.1) is 5.92 Å². The smallest absolute Gasteiger partial charge is 0.216 e. The van der Waals surface area contributed by atoms with Crippen LogP contribution in [0.1, 0.15) is 27.2 Å². The first-order valence-electron chi connectivity index (χ1n) is 6.35. The summed E-state index contributed by atoms with van der Waals surface area (Å²) in [5.41, 5.74) is 5.37. The van der Waals surface area contributed by atoms with E-state index in [4.69, 9.17) is 15.7 Å². The molecule has 0 saturated carbocycles. The molecular formula is C11H25N3O4S. The van der Waals surface area contributed by atoms with Crippen LogP contribution < -0.4 is 5.73 Å². The summed E-state index contributed by atoms with van der Waals surface area (Å²) in [6.07, 6.45) is 0.205. The topological polar surface area (TPSA) is 105 Å². The van der Waals surface area contributed by atoms with Gasteiger partial charge in [0.2, 0.25) is 10.0 Å². The van der Waals surface area contributed by atoms with Gasteiger partial charge in [-0.25, -0.2) is 12.7 Å². The second-order valence-electron chi connectivity index (χ2n) is 4.61. The summed E-state index contributed by atoms with van der Waals surface area (Å²) in [5.74, 6) is 0.173. The van der Waals surface area contributed by atoms with Gasteiger partial charge in [-0.1, -0.05) is 19.0 Å². The normalized spacial score (nSPS) is 13.4. The van der Waals surface area contributed by atoms with Crippen LogP contribution in [-0.4, -0.2) is 55.8 Å². The van der Waals surface area contributed by atoms with Crippen molar-refractivity contribution in [1.82, 2.24) is 4.31 Å². The number of hydrogen-bond acceptors (Lipinski definition) is 5. The van der Waals surface area contributed by atoms with Crippen LogP contribution in [0.25, 0.3) is 0 Å². The first kappa shape index (κ1) is 18.1. The van der Waals surface area contributed by atoms with Gasteiger partial charge < -0.3 is 15.7 Å². The summed E-state index contributed by atoms with van der Waals surface area (Å²) < 4.78 is 30.7. The van der Waals surface area contributed by atoms with Crippen LogP contribution in [0.4, 0.5) is 0 Å². The highest BCUT2D eigenvalue weighted by Crippen LogP contribution is 2.08. The molecule has 8 heteroatoms. The summed E-state index contributed by atoms with van der Waals surface area (Å²) in [7, 11) is -3.38. The van der Waals surface area contributed by atoms with Gasteiger partial charge in [-0.15, -0.1) is 0 Å². The van der Waals surface area contributed by atoms with Crippen LogP contribution in [0.3, 0.4) is 0 Å². The molecule has 0 aromatic heterocycles. The van der Waals surface area contributed by atoms with Gasteiger partial charge >= 0.3 is 0 Å². The molecule has 0 unspecified atom stereocenters. The zero-order valence-corrected chi connectivity index (χ0v) is 12.7. The van der Waals surface area contributed by atoms with E-state index in [-0.39, 0.29) is 37.1 Å². The quantitative estimate of drug-likeness (QED) is 0.200. The molecule has 0 spiro atoms. The predicted molar refractivity (Wildman–Crippen MR) is 74.7 cm³/mol. The highest BCUT2D eigenvalue weighted by Gasteiger charge is 2.22. The predicted octanol–water partition coefficient (Wildman–Crippen LogP) is 0.447. The van der Waals surface area contributed by atoms with Crippen LogP contribution in [-0.2, 0) is 14.8 Å². The van der Waals surface area contributed by atoms with Gasteiger partial charge in [-0.2, -0.15) is 0 Å². The molecule has 114 valence electrons. The maximum atomic E-state index is 12.1. The van der Waals surface area contributed by atoms with Crippen molar-refractivity contribution in [2.24, 2.45) is 16.8 Å². The lowest BCUT2D eigenvalue weighted by atomic mass is 10.2. The Balaban J connectivity index is 4.62. The SMILES string of the molecule is CCOCCS(=O)(=O)N(CCC(N)=NO)CC(C)C. The molecule has 0 aromatic carbocycles. The Morgan fingerprint density at radius 2 is 2.11 bits per heavy atom. The summed E-state index contributed by atoms with van der Waals surface area (Å²) >= 11 is 0. The Bertz CT molecular complexity index is 368. The standard InChI is InChI=1S/C11H25N3O4S/c1-4-18-7-8-19(16,17)14(9-10(2)3)6-5-11(12)13-15/h10,15H,4-9H2,1-3H3,(H2,12,13). The number of sulfonamides is 1. The van der Waals surface area contributed by atoms with Gasteiger partial charge in [-0.05, 0) is 12.8 Å². The van der Waals surface area contributed by atoms with Crippen LogP contribution in [0.2, 0.25) is 0 Å². The third-order valence-corrected chi connectivity index (χ3v) is 4.20. The molecule has 19 heavy (non-hydrogen) atoms. The van der Waals surface area contributed by atoms with Crippen molar-refractivity contribution >= 4 is 15.9 Å². The van der Waals surface area contributed by atoms with Gasteiger partial charge in [0.05, 0.1) is 12.4 Å². The fourth-order valence-corrected chi connectivity index (χ4v) is 2.96. The third kappa shape index (κ3) is 8.02. The van der Waals surface area contributed by atoms with E-state index in [9.17, 15) is 8.42 Å². The molecule has 0 radical (unpaired) electrons. The van der Waals surface area contributed by atoms with Crippen molar-refractivity contribution in [1.29, 1.82) is 0 Å². The monoisotopic (exact) mass is 295 g/mol. The lowest BCUT2D eigenvalue weighted by Gasteiger charge is -2.23. The number of amidine groups is 1. The van der Waals surface area contributed by atoms with E-state index in [1.165, 1.54) is 4.31 Å². The van der Waals surface area contributed by atoms with E-state index >= 15 is 0 Å². The average molecular weight is 295 g/mol.